The van der Waals surface area contributed by atoms with Crippen molar-refractivity contribution in [3.05, 3.63) is 69.8 Å². The van der Waals surface area contributed by atoms with E-state index in [2.05, 4.69) is 69.6 Å². The number of nitrogens with zero attached hydrogens (tertiary/aromatic N) is 1. The van der Waals surface area contributed by atoms with Gasteiger partial charge >= 0.3 is 0 Å². The predicted molar refractivity (Wildman–Crippen MR) is 129 cm³/mol. The third-order valence-corrected chi connectivity index (χ3v) is 6.51. The second-order valence-corrected chi connectivity index (χ2v) is 10.4. The summed E-state index contributed by atoms with van der Waals surface area (Å²) >= 11 is 13.1. The van der Waals surface area contributed by atoms with Crippen molar-refractivity contribution in [1.82, 2.24) is 10.2 Å². The van der Waals surface area contributed by atoms with E-state index in [0.29, 0.717) is 16.1 Å². The van der Waals surface area contributed by atoms with E-state index in [-0.39, 0.29) is 11.1 Å². The van der Waals surface area contributed by atoms with Gasteiger partial charge in [0.25, 0.3) is 0 Å². The van der Waals surface area contributed by atoms with Gasteiger partial charge in [0.2, 0.25) is 0 Å². The fourth-order valence-corrected chi connectivity index (χ4v) is 5.00. The average molecular weight is 435 g/mol. The fourth-order valence-electron chi connectivity index (χ4n) is 4.54. The van der Waals surface area contributed by atoms with Gasteiger partial charge in [-0.2, -0.15) is 0 Å². The molecule has 1 fully saturated rings. The van der Waals surface area contributed by atoms with Crippen molar-refractivity contribution in [3.8, 4) is 0 Å². The second kappa shape index (κ2) is 9.83. The van der Waals surface area contributed by atoms with Crippen LogP contribution in [-0.4, -0.2) is 28.6 Å². The van der Waals surface area contributed by atoms with Crippen LogP contribution in [0.15, 0.2) is 48.6 Å². The van der Waals surface area contributed by atoms with Crippen molar-refractivity contribution in [2.75, 3.05) is 6.54 Å². The first kappa shape index (κ1) is 24.2. The van der Waals surface area contributed by atoms with Crippen LogP contribution in [0.2, 0.25) is 10.0 Å². The molecule has 1 N–H and O–H groups in total. The molecule has 1 aliphatic rings. The maximum Gasteiger partial charge on any atom is 0.0640 e. The van der Waals surface area contributed by atoms with E-state index in [1.54, 1.807) is 6.08 Å². The molecular weight excluding hydrogens is 399 g/mol. The molecule has 160 valence electrons. The standard InChI is InChI=1S/C25H36Cl2N2/c1-8-9-10-11-18(2)16-29(17-20-13-12-19(3)22(26)23(20)27)21-14-24(4,5)28-25(6,7)15-21/h8-13,21,28H,1,14-17H2,2-7H3/b10-9-,18-11+. The fraction of sp³-hybridized carbons (Fsp3) is 0.520. The summed E-state index contributed by atoms with van der Waals surface area (Å²) in [4.78, 5) is 2.56. The van der Waals surface area contributed by atoms with Crippen LogP contribution < -0.4 is 5.32 Å². The van der Waals surface area contributed by atoms with Crippen molar-refractivity contribution >= 4 is 23.2 Å². The summed E-state index contributed by atoms with van der Waals surface area (Å²) in [6, 6.07) is 4.63. The van der Waals surface area contributed by atoms with Gasteiger partial charge in [-0.25, -0.2) is 0 Å². The lowest BCUT2D eigenvalue weighted by Crippen LogP contribution is -2.62. The summed E-state index contributed by atoms with van der Waals surface area (Å²) in [7, 11) is 0. The summed E-state index contributed by atoms with van der Waals surface area (Å²) in [6.45, 7) is 18.8. The largest absolute Gasteiger partial charge is 0.307 e. The van der Waals surface area contributed by atoms with Gasteiger partial charge < -0.3 is 5.32 Å². The van der Waals surface area contributed by atoms with Crippen LogP contribution in [0.4, 0.5) is 0 Å². The number of hydrogen-bond donors (Lipinski definition) is 1. The third-order valence-electron chi connectivity index (χ3n) is 5.49. The van der Waals surface area contributed by atoms with Crippen LogP contribution in [0.5, 0.6) is 0 Å². The Morgan fingerprint density at radius 3 is 2.34 bits per heavy atom. The van der Waals surface area contributed by atoms with Crippen molar-refractivity contribution in [1.29, 1.82) is 0 Å². The molecule has 0 aliphatic carbocycles. The van der Waals surface area contributed by atoms with Crippen molar-refractivity contribution in [2.24, 2.45) is 0 Å². The summed E-state index contributed by atoms with van der Waals surface area (Å²) in [5.41, 5.74) is 3.58. The second-order valence-electron chi connectivity index (χ2n) is 9.66. The Hall–Kier alpha value is -1.06. The lowest BCUT2D eigenvalue weighted by molar-refractivity contribution is 0.0671. The van der Waals surface area contributed by atoms with E-state index in [9.17, 15) is 0 Å². The normalized spacial score (nSPS) is 19.8. The molecule has 2 rings (SSSR count). The van der Waals surface area contributed by atoms with Gasteiger partial charge in [0.1, 0.15) is 0 Å². The van der Waals surface area contributed by atoms with Gasteiger partial charge in [0.15, 0.2) is 0 Å². The molecule has 0 amide bonds. The first-order chi connectivity index (χ1) is 13.4. The molecular formula is C25H36Cl2N2. The third kappa shape index (κ3) is 7.00. The van der Waals surface area contributed by atoms with Crippen molar-refractivity contribution < 1.29 is 0 Å². The SMILES string of the molecule is C=C/C=C\C=C(/C)CN(Cc1ccc(C)c(Cl)c1Cl)C1CC(C)(C)NC(C)(C)C1. The quantitative estimate of drug-likeness (QED) is 0.460. The smallest absolute Gasteiger partial charge is 0.0640 e. The highest BCUT2D eigenvalue weighted by molar-refractivity contribution is 6.42. The number of allylic oxidation sites excluding steroid dienone is 4. The van der Waals surface area contributed by atoms with Crippen molar-refractivity contribution in [2.45, 2.75) is 78.0 Å². The predicted octanol–water partition coefficient (Wildman–Crippen LogP) is 7.10. The van der Waals surface area contributed by atoms with E-state index in [0.717, 1.165) is 37.1 Å². The minimum atomic E-state index is 0.0831. The molecule has 29 heavy (non-hydrogen) atoms. The number of aryl methyl sites for hydroxylation is 1. The Morgan fingerprint density at radius 2 is 1.76 bits per heavy atom. The molecule has 4 heteroatoms. The van der Waals surface area contributed by atoms with Gasteiger partial charge in [-0.05, 0) is 65.5 Å². The molecule has 2 nitrogen and oxygen atoms in total. The lowest BCUT2D eigenvalue weighted by atomic mass is 9.78. The first-order valence-electron chi connectivity index (χ1n) is 10.4. The molecule has 0 spiro atoms. The highest BCUT2D eigenvalue weighted by atomic mass is 35.5. The maximum absolute atomic E-state index is 6.62. The zero-order chi connectivity index (χ0) is 21.8. The first-order valence-corrected chi connectivity index (χ1v) is 11.1. The number of rotatable bonds is 7. The van der Waals surface area contributed by atoms with E-state index >= 15 is 0 Å². The van der Waals surface area contributed by atoms with Crippen LogP contribution in [0.25, 0.3) is 0 Å². The van der Waals surface area contributed by atoms with Gasteiger partial charge in [-0.3, -0.25) is 4.90 Å². The van der Waals surface area contributed by atoms with Gasteiger partial charge in [0.05, 0.1) is 10.0 Å². The molecule has 1 aliphatic heterocycles. The van der Waals surface area contributed by atoms with Crippen molar-refractivity contribution in [3.63, 3.8) is 0 Å². The molecule has 0 unspecified atom stereocenters. The van der Waals surface area contributed by atoms with Gasteiger partial charge in [-0.1, -0.05) is 71.8 Å². The van der Waals surface area contributed by atoms with Crippen LogP contribution in [0.1, 0.15) is 58.6 Å². The van der Waals surface area contributed by atoms with Gasteiger partial charge in [0, 0.05) is 30.2 Å². The van der Waals surface area contributed by atoms with Crippen LogP contribution in [0, 0.1) is 6.92 Å². The van der Waals surface area contributed by atoms with Crippen LogP contribution in [-0.2, 0) is 6.54 Å². The highest BCUT2D eigenvalue weighted by Crippen LogP contribution is 2.35. The number of benzene rings is 1. The summed E-state index contributed by atoms with van der Waals surface area (Å²) < 4.78 is 0. The van der Waals surface area contributed by atoms with E-state index in [1.165, 1.54) is 5.57 Å². The molecule has 0 saturated carbocycles. The summed E-state index contributed by atoms with van der Waals surface area (Å²) in [5.74, 6) is 0. The number of halogens is 2. The monoisotopic (exact) mass is 434 g/mol. The average Bonchev–Trinajstić information content (AvgIpc) is 2.59. The Balaban J connectivity index is 2.35. The molecule has 0 bridgehead atoms. The van der Waals surface area contributed by atoms with Gasteiger partial charge in [-0.15, -0.1) is 0 Å². The molecule has 1 saturated heterocycles. The Labute approximate surface area is 187 Å². The highest BCUT2D eigenvalue weighted by Gasteiger charge is 2.40. The molecule has 0 radical (unpaired) electrons. The number of piperidine rings is 1. The molecule has 1 aromatic rings. The van der Waals surface area contributed by atoms with Crippen LogP contribution >= 0.6 is 23.2 Å². The molecule has 0 atom stereocenters. The topological polar surface area (TPSA) is 15.3 Å². The molecule has 1 aromatic carbocycles. The Kier molecular flexibility index (Phi) is 8.21. The number of hydrogen-bond acceptors (Lipinski definition) is 2. The van der Waals surface area contributed by atoms with E-state index < -0.39 is 0 Å². The summed E-state index contributed by atoms with van der Waals surface area (Å²) in [6.07, 6.45) is 10.1. The minimum absolute atomic E-state index is 0.0831. The Bertz CT molecular complexity index is 774. The molecule has 1 heterocycles. The van der Waals surface area contributed by atoms with E-state index in [4.69, 9.17) is 23.2 Å². The zero-order valence-electron chi connectivity index (χ0n) is 18.8. The summed E-state index contributed by atoms with van der Waals surface area (Å²) in [5, 5.41) is 5.13. The minimum Gasteiger partial charge on any atom is -0.307 e. The van der Waals surface area contributed by atoms with E-state index in [1.807, 2.05) is 19.1 Å². The Morgan fingerprint density at radius 1 is 1.14 bits per heavy atom. The zero-order valence-corrected chi connectivity index (χ0v) is 20.3. The van der Waals surface area contributed by atoms with Crippen LogP contribution in [0.3, 0.4) is 0 Å². The number of nitrogens with one attached hydrogen (secondary N) is 1. The lowest BCUT2D eigenvalue weighted by Gasteiger charge is -2.50. The maximum atomic E-state index is 6.62. The molecule has 0 aromatic heterocycles.